The maximum absolute atomic E-state index is 12.5. The number of nitrogens with zero attached hydrogens (tertiary/aromatic N) is 3. The molecule has 1 spiro atoms. The van der Waals surface area contributed by atoms with Crippen LogP contribution in [0.25, 0.3) is 0 Å². The summed E-state index contributed by atoms with van der Waals surface area (Å²) in [4.78, 5) is 14.4. The maximum Gasteiger partial charge on any atom is 0.274 e. The number of rotatable bonds is 6. The highest BCUT2D eigenvalue weighted by Gasteiger charge is 2.41. The van der Waals surface area contributed by atoms with Crippen LogP contribution in [-0.2, 0) is 21.3 Å². The molecule has 7 heteroatoms. The topological polar surface area (TPSA) is 65.8 Å². The minimum Gasteiger partial charge on any atom is -0.376 e. The van der Waals surface area contributed by atoms with E-state index in [1.54, 1.807) is 16.9 Å². The number of amides is 1. The second kappa shape index (κ2) is 8.50. The number of hydrogen-bond donors (Lipinski definition) is 0. The van der Waals surface area contributed by atoms with Crippen LogP contribution in [0, 0.1) is 0 Å². The first kappa shape index (κ1) is 19.3. The first-order valence-corrected chi connectivity index (χ1v) is 9.63. The molecule has 1 amide bonds. The molecule has 3 heterocycles. The highest BCUT2D eigenvalue weighted by molar-refractivity contribution is 5.92. The Kier molecular flexibility index (Phi) is 6.32. The molecule has 0 aromatic carbocycles. The molecule has 2 saturated heterocycles. The molecule has 2 aliphatic rings. The smallest absolute Gasteiger partial charge is 0.274 e. The molecule has 0 radical (unpaired) electrons. The minimum atomic E-state index is -0.150. The largest absolute Gasteiger partial charge is 0.376 e. The van der Waals surface area contributed by atoms with Gasteiger partial charge in [0.15, 0.2) is 0 Å². The summed E-state index contributed by atoms with van der Waals surface area (Å²) in [5.41, 5.74) is 0.363. The van der Waals surface area contributed by atoms with Gasteiger partial charge in [-0.3, -0.25) is 9.48 Å². The first-order chi connectivity index (χ1) is 12.5. The zero-order valence-electron chi connectivity index (χ0n) is 16.1. The van der Waals surface area contributed by atoms with Crippen LogP contribution in [0.15, 0.2) is 12.3 Å². The van der Waals surface area contributed by atoms with Gasteiger partial charge in [0.2, 0.25) is 0 Å². The standard InChI is InChI=1S/C19H31N3O4/c1-15(2)24-12-13-25-16-5-11-26-19(14-16)6-9-22(10-7-19)18(23)17-4-8-21(3)20-17/h4,8,15-16H,5-7,9-14H2,1-3H3. The lowest BCUT2D eigenvalue weighted by Crippen LogP contribution is -2.52. The van der Waals surface area contributed by atoms with Crippen LogP contribution in [-0.4, -0.2) is 71.3 Å². The van der Waals surface area contributed by atoms with Crippen LogP contribution in [0.5, 0.6) is 0 Å². The normalized spacial score (nSPS) is 22.9. The molecule has 0 bridgehead atoms. The SMILES string of the molecule is CC(C)OCCOC1CCOC2(CCN(C(=O)c3ccn(C)n3)CC2)C1. The summed E-state index contributed by atoms with van der Waals surface area (Å²) in [6.45, 7) is 7.46. The van der Waals surface area contributed by atoms with Gasteiger partial charge in [0.05, 0.1) is 31.0 Å². The summed E-state index contributed by atoms with van der Waals surface area (Å²) in [6, 6.07) is 1.77. The zero-order chi connectivity index (χ0) is 18.6. The van der Waals surface area contributed by atoms with Gasteiger partial charge in [-0.2, -0.15) is 5.10 Å². The molecule has 0 aliphatic carbocycles. The van der Waals surface area contributed by atoms with E-state index in [9.17, 15) is 4.79 Å². The van der Waals surface area contributed by atoms with Crippen molar-refractivity contribution in [2.75, 3.05) is 32.9 Å². The quantitative estimate of drug-likeness (QED) is 0.722. The van der Waals surface area contributed by atoms with E-state index in [0.717, 1.165) is 32.3 Å². The van der Waals surface area contributed by atoms with Crippen molar-refractivity contribution in [2.24, 2.45) is 7.05 Å². The maximum atomic E-state index is 12.5. The summed E-state index contributed by atoms with van der Waals surface area (Å²) in [7, 11) is 1.82. The van der Waals surface area contributed by atoms with Gasteiger partial charge >= 0.3 is 0 Å². The summed E-state index contributed by atoms with van der Waals surface area (Å²) in [6.07, 6.45) is 5.80. The molecule has 1 unspecified atom stereocenters. The molecule has 2 fully saturated rings. The van der Waals surface area contributed by atoms with Crippen LogP contribution in [0.2, 0.25) is 0 Å². The average molecular weight is 365 g/mol. The Morgan fingerprint density at radius 2 is 2.15 bits per heavy atom. The van der Waals surface area contributed by atoms with Crippen LogP contribution < -0.4 is 0 Å². The molecule has 2 aliphatic heterocycles. The molecule has 1 aromatic heterocycles. The summed E-state index contributed by atoms with van der Waals surface area (Å²) in [5.74, 6) is 0.00916. The van der Waals surface area contributed by atoms with Crippen LogP contribution >= 0.6 is 0 Å². The van der Waals surface area contributed by atoms with Crippen molar-refractivity contribution in [2.45, 2.75) is 57.3 Å². The monoisotopic (exact) mass is 365 g/mol. The van der Waals surface area contributed by atoms with E-state index in [0.29, 0.717) is 32.0 Å². The van der Waals surface area contributed by atoms with E-state index in [4.69, 9.17) is 14.2 Å². The fourth-order valence-corrected chi connectivity index (χ4v) is 3.78. The second-order valence-electron chi connectivity index (χ2n) is 7.60. The number of aryl methyl sites for hydroxylation is 1. The third kappa shape index (κ3) is 4.84. The number of carbonyl (C=O) groups is 1. The van der Waals surface area contributed by atoms with Crippen molar-refractivity contribution in [3.63, 3.8) is 0 Å². The van der Waals surface area contributed by atoms with Crippen LogP contribution in [0.1, 0.15) is 50.0 Å². The predicted molar refractivity (Wildman–Crippen MR) is 97.1 cm³/mol. The van der Waals surface area contributed by atoms with Gasteiger partial charge in [-0.15, -0.1) is 0 Å². The number of aromatic nitrogens is 2. The highest BCUT2D eigenvalue weighted by atomic mass is 16.5. The highest BCUT2D eigenvalue weighted by Crippen LogP contribution is 2.36. The molecule has 146 valence electrons. The van der Waals surface area contributed by atoms with Crippen molar-refractivity contribution >= 4 is 5.91 Å². The molecule has 0 saturated carbocycles. The fraction of sp³-hybridized carbons (Fsp3) is 0.789. The van der Waals surface area contributed by atoms with E-state index in [-0.39, 0.29) is 23.7 Å². The molecule has 3 rings (SSSR count). The van der Waals surface area contributed by atoms with Crippen molar-refractivity contribution in [3.05, 3.63) is 18.0 Å². The Morgan fingerprint density at radius 3 is 2.81 bits per heavy atom. The van der Waals surface area contributed by atoms with Gasteiger partial charge in [-0.05, 0) is 39.2 Å². The van der Waals surface area contributed by atoms with Gasteiger partial charge in [0, 0.05) is 39.4 Å². The first-order valence-electron chi connectivity index (χ1n) is 9.63. The second-order valence-corrected chi connectivity index (χ2v) is 7.60. The van der Waals surface area contributed by atoms with E-state index in [1.165, 1.54) is 0 Å². The van der Waals surface area contributed by atoms with Crippen LogP contribution in [0.3, 0.4) is 0 Å². The average Bonchev–Trinajstić information content (AvgIpc) is 3.05. The minimum absolute atomic E-state index is 0.00916. The van der Waals surface area contributed by atoms with Crippen molar-refractivity contribution < 1.29 is 19.0 Å². The Labute approximate surface area is 155 Å². The van der Waals surface area contributed by atoms with E-state index >= 15 is 0 Å². The van der Waals surface area contributed by atoms with Crippen molar-refractivity contribution in [1.29, 1.82) is 0 Å². The lowest BCUT2D eigenvalue weighted by atomic mass is 9.83. The number of hydrogen-bond acceptors (Lipinski definition) is 5. The Balaban J connectivity index is 1.47. The zero-order valence-corrected chi connectivity index (χ0v) is 16.1. The lowest BCUT2D eigenvalue weighted by Gasteiger charge is -2.46. The number of ether oxygens (including phenoxy) is 3. The van der Waals surface area contributed by atoms with Gasteiger partial charge < -0.3 is 19.1 Å². The molecular formula is C19H31N3O4. The molecular weight excluding hydrogens is 334 g/mol. The van der Waals surface area contributed by atoms with E-state index in [1.807, 2.05) is 25.8 Å². The molecule has 1 aromatic rings. The molecule has 0 N–H and O–H groups in total. The van der Waals surface area contributed by atoms with Crippen molar-refractivity contribution in [1.82, 2.24) is 14.7 Å². The number of carbonyl (C=O) groups excluding carboxylic acids is 1. The van der Waals surface area contributed by atoms with Crippen molar-refractivity contribution in [3.8, 4) is 0 Å². The Morgan fingerprint density at radius 1 is 1.38 bits per heavy atom. The van der Waals surface area contributed by atoms with Gasteiger partial charge in [0.25, 0.3) is 5.91 Å². The Hall–Kier alpha value is -1.44. The number of piperidine rings is 1. The van der Waals surface area contributed by atoms with Crippen LogP contribution in [0.4, 0.5) is 0 Å². The van der Waals surface area contributed by atoms with Gasteiger partial charge in [-0.25, -0.2) is 0 Å². The summed E-state index contributed by atoms with van der Waals surface area (Å²) < 4.78 is 19.4. The lowest BCUT2D eigenvalue weighted by molar-refractivity contribution is -0.156. The fourth-order valence-electron chi connectivity index (χ4n) is 3.78. The summed E-state index contributed by atoms with van der Waals surface area (Å²) in [5, 5.41) is 4.22. The molecule has 26 heavy (non-hydrogen) atoms. The van der Waals surface area contributed by atoms with Gasteiger partial charge in [-0.1, -0.05) is 0 Å². The molecule has 7 nitrogen and oxygen atoms in total. The number of likely N-dealkylation sites (tertiary alicyclic amines) is 1. The van der Waals surface area contributed by atoms with E-state index < -0.39 is 0 Å². The van der Waals surface area contributed by atoms with E-state index in [2.05, 4.69) is 5.10 Å². The summed E-state index contributed by atoms with van der Waals surface area (Å²) >= 11 is 0. The van der Waals surface area contributed by atoms with Gasteiger partial charge in [0.1, 0.15) is 5.69 Å². The Bertz CT molecular complexity index is 593. The predicted octanol–water partition coefficient (Wildman–Crippen LogP) is 2.02. The molecule has 1 atom stereocenters. The third-order valence-electron chi connectivity index (χ3n) is 5.23. The third-order valence-corrected chi connectivity index (χ3v) is 5.23.